The van der Waals surface area contributed by atoms with Gasteiger partial charge in [0.25, 0.3) is 0 Å². The van der Waals surface area contributed by atoms with E-state index in [-0.39, 0.29) is 12.2 Å². The smallest absolute Gasteiger partial charge is 0.132 e. The monoisotopic (exact) mass is 160 g/mol. The van der Waals surface area contributed by atoms with Crippen LogP contribution in [0.2, 0.25) is 0 Å². The fraction of sp³-hybridized carbons (Fsp3) is 0.875. The van der Waals surface area contributed by atoms with Gasteiger partial charge in [-0.05, 0) is 19.8 Å². The van der Waals surface area contributed by atoms with E-state index in [1.807, 2.05) is 6.92 Å². The Hall–Kier alpha value is -0.410. The van der Waals surface area contributed by atoms with Crippen molar-refractivity contribution in [2.75, 3.05) is 0 Å². The van der Waals surface area contributed by atoms with E-state index in [1.54, 1.807) is 0 Å². The van der Waals surface area contributed by atoms with E-state index < -0.39 is 12.2 Å². The van der Waals surface area contributed by atoms with Gasteiger partial charge in [0.05, 0.1) is 12.2 Å². The summed E-state index contributed by atoms with van der Waals surface area (Å²) in [6, 6.07) is 0. The Labute approximate surface area is 67.0 Å². The molecule has 2 N–H and O–H groups in total. The molecule has 11 heavy (non-hydrogen) atoms. The first-order valence-electron chi connectivity index (χ1n) is 3.91. The van der Waals surface area contributed by atoms with Crippen molar-refractivity contribution in [3.05, 3.63) is 0 Å². The molecule has 0 aliphatic rings. The molecule has 0 aliphatic carbocycles. The van der Waals surface area contributed by atoms with Gasteiger partial charge in [-0.2, -0.15) is 0 Å². The molecule has 3 heteroatoms. The molecule has 0 aromatic rings. The van der Waals surface area contributed by atoms with E-state index in [1.165, 1.54) is 6.92 Å². The van der Waals surface area contributed by atoms with E-state index in [9.17, 15) is 4.79 Å². The molecule has 0 rings (SSSR count). The fourth-order valence-corrected chi connectivity index (χ4v) is 0.896. The van der Waals surface area contributed by atoms with Gasteiger partial charge < -0.3 is 10.2 Å². The lowest BCUT2D eigenvalue weighted by Crippen LogP contribution is -2.19. The molecule has 0 saturated carbocycles. The maximum Gasteiger partial charge on any atom is 0.132 e. The number of aliphatic hydroxyl groups is 2. The molecular formula is C8H16O3. The lowest BCUT2D eigenvalue weighted by Gasteiger charge is -2.11. The van der Waals surface area contributed by atoms with E-state index >= 15 is 0 Å². The summed E-state index contributed by atoms with van der Waals surface area (Å²) in [5.74, 6) is -0.0409. The normalized spacial score (nSPS) is 16.0. The zero-order valence-corrected chi connectivity index (χ0v) is 7.08. The number of Topliss-reactive ketones (excluding diaryl/α,β-unsaturated/α-hetero) is 1. The van der Waals surface area contributed by atoms with Crippen molar-refractivity contribution < 1.29 is 15.0 Å². The Kier molecular flexibility index (Phi) is 5.07. The lowest BCUT2D eigenvalue weighted by atomic mass is 10.1. The van der Waals surface area contributed by atoms with Crippen LogP contribution in [0, 0.1) is 0 Å². The standard InChI is InChI=1S/C8H16O3/c1-3-7(10)5-8(11)4-6(2)9/h7-8,10-11H,3-5H2,1-2H3/t7-,8+/m0/s1. The summed E-state index contributed by atoms with van der Waals surface area (Å²) in [6.07, 6.45) is -0.0888. The maximum atomic E-state index is 10.5. The Morgan fingerprint density at radius 3 is 2.27 bits per heavy atom. The van der Waals surface area contributed by atoms with Gasteiger partial charge >= 0.3 is 0 Å². The second-order valence-corrected chi connectivity index (χ2v) is 2.86. The van der Waals surface area contributed by atoms with Crippen LogP contribution in [0.3, 0.4) is 0 Å². The minimum atomic E-state index is -0.678. The highest BCUT2D eigenvalue weighted by molar-refractivity contribution is 5.75. The molecule has 0 aromatic carbocycles. The van der Waals surface area contributed by atoms with Crippen LogP contribution in [0.15, 0.2) is 0 Å². The Balaban J connectivity index is 3.51. The summed E-state index contributed by atoms with van der Waals surface area (Å²) in [5.41, 5.74) is 0. The van der Waals surface area contributed by atoms with E-state index in [2.05, 4.69) is 0 Å². The van der Waals surface area contributed by atoms with E-state index in [4.69, 9.17) is 10.2 Å². The molecule has 66 valence electrons. The minimum Gasteiger partial charge on any atom is -0.393 e. The first-order valence-corrected chi connectivity index (χ1v) is 3.91. The Morgan fingerprint density at radius 1 is 1.36 bits per heavy atom. The molecular weight excluding hydrogens is 144 g/mol. The largest absolute Gasteiger partial charge is 0.393 e. The van der Waals surface area contributed by atoms with Crippen LogP contribution in [0.25, 0.3) is 0 Å². The SMILES string of the molecule is CC[C@H](O)C[C@H](O)CC(C)=O. The highest BCUT2D eigenvalue weighted by Crippen LogP contribution is 2.05. The zero-order chi connectivity index (χ0) is 8.85. The topological polar surface area (TPSA) is 57.5 Å². The highest BCUT2D eigenvalue weighted by atomic mass is 16.3. The van der Waals surface area contributed by atoms with Crippen LogP contribution >= 0.6 is 0 Å². The molecule has 3 nitrogen and oxygen atoms in total. The van der Waals surface area contributed by atoms with Crippen LogP contribution in [0.5, 0.6) is 0 Å². The molecule has 0 saturated heterocycles. The van der Waals surface area contributed by atoms with Crippen molar-refractivity contribution in [2.45, 2.75) is 45.3 Å². The van der Waals surface area contributed by atoms with Gasteiger partial charge in [-0.3, -0.25) is 4.79 Å². The van der Waals surface area contributed by atoms with Gasteiger partial charge in [0.1, 0.15) is 5.78 Å². The third-order valence-corrected chi connectivity index (χ3v) is 1.54. The second kappa shape index (κ2) is 5.27. The van der Waals surface area contributed by atoms with Crippen molar-refractivity contribution in [1.82, 2.24) is 0 Å². The summed E-state index contributed by atoms with van der Waals surface area (Å²) in [6.45, 7) is 3.27. The zero-order valence-electron chi connectivity index (χ0n) is 7.08. The molecule has 0 aromatic heterocycles. The average molecular weight is 160 g/mol. The van der Waals surface area contributed by atoms with Gasteiger partial charge in [-0.15, -0.1) is 0 Å². The van der Waals surface area contributed by atoms with Crippen molar-refractivity contribution in [3.63, 3.8) is 0 Å². The van der Waals surface area contributed by atoms with Gasteiger partial charge in [0.2, 0.25) is 0 Å². The molecule has 0 fully saturated rings. The number of ketones is 1. The summed E-state index contributed by atoms with van der Waals surface area (Å²) in [7, 11) is 0. The van der Waals surface area contributed by atoms with Crippen molar-refractivity contribution in [2.24, 2.45) is 0 Å². The number of rotatable bonds is 5. The number of carbonyl (C=O) groups is 1. The van der Waals surface area contributed by atoms with Crippen LogP contribution in [0.1, 0.15) is 33.1 Å². The molecule has 0 heterocycles. The van der Waals surface area contributed by atoms with Crippen LogP contribution in [-0.2, 0) is 4.79 Å². The van der Waals surface area contributed by atoms with Gasteiger partial charge in [-0.25, -0.2) is 0 Å². The van der Waals surface area contributed by atoms with E-state index in [0.29, 0.717) is 12.8 Å². The maximum absolute atomic E-state index is 10.5. The first-order chi connectivity index (χ1) is 5.06. The van der Waals surface area contributed by atoms with Gasteiger partial charge in [0.15, 0.2) is 0 Å². The van der Waals surface area contributed by atoms with Crippen molar-refractivity contribution in [1.29, 1.82) is 0 Å². The van der Waals surface area contributed by atoms with Gasteiger partial charge in [0, 0.05) is 6.42 Å². The summed E-state index contributed by atoms with van der Waals surface area (Å²) in [5, 5.41) is 18.2. The predicted molar refractivity (Wildman–Crippen MR) is 42.2 cm³/mol. The first kappa shape index (κ1) is 10.6. The third kappa shape index (κ3) is 6.01. The van der Waals surface area contributed by atoms with Gasteiger partial charge in [-0.1, -0.05) is 6.92 Å². The second-order valence-electron chi connectivity index (χ2n) is 2.86. The quantitative estimate of drug-likeness (QED) is 0.615. The highest BCUT2D eigenvalue weighted by Gasteiger charge is 2.11. The molecule has 0 bridgehead atoms. The van der Waals surface area contributed by atoms with Crippen LogP contribution in [0.4, 0.5) is 0 Å². The number of aliphatic hydroxyl groups excluding tert-OH is 2. The number of hydrogen-bond acceptors (Lipinski definition) is 3. The minimum absolute atomic E-state index is 0.0409. The van der Waals surface area contributed by atoms with E-state index in [0.717, 1.165) is 0 Å². The molecule has 0 aliphatic heterocycles. The number of carbonyl (C=O) groups excluding carboxylic acids is 1. The number of hydrogen-bond donors (Lipinski definition) is 2. The van der Waals surface area contributed by atoms with Crippen molar-refractivity contribution >= 4 is 5.78 Å². The summed E-state index contributed by atoms with van der Waals surface area (Å²) in [4.78, 5) is 10.5. The average Bonchev–Trinajstić information content (AvgIpc) is 1.85. The summed E-state index contributed by atoms with van der Waals surface area (Å²) >= 11 is 0. The fourth-order valence-electron chi connectivity index (χ4n) is 0.896. The summed E-state index contributed by atoms with van der Waals surface area (Å²) < 4.78 is 0. The molecule has 2 atom stereocenters. The molecule has 0 radical (unpaired) electrons. The molecule has 0 amide bonds. The van der Waals surface area contributed by atoms with Crippen molar-refractivity contribution in [3.8, 4) is 0 Å². The van der Waals surface area contributed by atoms with Crippen LogP contribution in [-0.4, -0.2) is 28.2 Å². The van der Waals surface area contributed by atoms with Crippen LogP contribution < -0.4 is 0 Å². The molecule has 0 unspecified atom stereocenters. The third-order valence-electron chi connectivity index (χ3n) is 1.54. The molecule has 0 spiro atoms. The predicted octanol–water partition coefficient (Wildman–Crippen LogP) is 0.487. The Morgan fingerprint density at radius 2 is 1.91 bits per heavy atom. The lowest BCUT2D eigenvalue weighted by molar-refractivity contribution is -0.119. The Bertz CT molecular complexity index is 123.